The molecular formula is C15H14N4O5S. The first-order valence-electron chi connectivity index (χ1n) is 7.30. The number of nitrogens with one attached hydrogen (secondary N) is 2. The third kappa shape index (κ3) is 3.74. The van der Waals surface area contributed by atoms with Crippen molar-refractivity contribution in [2.45, 2.75) is 24.7 Å². The number of hydrogen-bond donors (Lipinski definition) is 2. The number of hydrogen-bond acceptors (Lipinski definition) is 7. The van der Waals surface area contributed by atoms with Gasteiger partial charge >= 0.3 is 0 Å². The van der Waals surface area contributed by atoms with Gasteiger partial charge in [-0.15, -0.1) is 0 Å². The van der Waals surface area contributed by atoms with Crippen LogP contribution in [0.4, 0.5) is 0 Å². The molecule has 0 fully saturated rings. The van der Waals surface area contributed by atoms with Crippen LogP contribution in [0, 0.1) is 6.92 Å². The van der Waals surface area contributed by atoms with Crippen molar-refractivity contribution in [3.8, 4) is 0 Å². The molecule has 3 aromatic rings. The molecule has 0 aliphatic carbocycles. The molecule has 3 rings (SSSR count). The quantitative estimate of drug-likeness (QED) is 0.680. The van der Waals surface area contributed by atoms with E-state index in [0.717, 1.165) is 0 Å². The van der Waals surface area contributed by atoms with Gasteiger partial charge in [0.25, 0.3) is 15.6 Å². The van der Waals surface area contributed by atoms with Crippen LogP contribution in [-0.2, 0) is 21.2 Å². The number of carbonyl (C=O) groups is 1. The largest absolute Gasteiger partial charge is 0.361 e. The van der Waals surface area contributed by atoms with Crippen LogP contribution in [0.15, 0.2) is 44.8 Å². The lowest BCUT2D eigenvalue weighted by Crippen LogP contribution is -2.30. The molecule has 0 aliphatic rings. The molecule has 2 aromatic heterocycles. The summed E-state index contributed by atoms with van der Waals surface area (Å²) in [5.41, 5.74) is 0.457. The summed E-state index contributed by atoms with van der Waals surface area (Å²) >= 11 is 0. The van der Waals surface area contributed by atoms with Crippen LogP contribution in [0.2, 0.25) is 0 Å². The van der Waals surface area contributed by atoms with Gasteiger partial charge < -0.3 is 9.51 Å². The van der Waals surface area contributed by atoms with Gasteiger partial charge in [-0.2, -0.15) is 0 Å². The van der Waals surface area contributed by atoms with Crippen LogP contribution < -0.4 is 10.3 Å². The Morgan fingerprint density at radius 2 is 2.12 bits per heavy atom. The molecular weight excluding hydrogens is 348 g/mol. The molecule has 0 radical (unpaired) electrons. The molecule has 25 heavy (non-hydrogen) atoms. The van der Waals surface area contributed by atoms with E-state index in [9.17, 15) is 18.0 Å². The summed E-state index contributed by atoms with van der Waals surface area (Å²) < 4.78 is 31.5. The molecule has 1 amide bonds. The molecule has 9 nitrogen and oxygen atoms in total. The summed E-state index contributed by atoms with van der Waals surface area (Å²) in [6, 6.07) is 5.54. The number of aromatic amines is 1. The predicted octanol–water partition coefficient (Wildman–Crippen LogP) is 0.657. The van der Waals surface area contributed by atoms with Crippen molar-refractivity contribution in [2.75, 3.05) is 0 Å². The number of amides is 1. The maximum absolute atomic E-state index is 12.3. The van der Waals surface area contributed by atoms with Crippen molar-refractivity contribution >= 4 is 26.8 Å². The first-order chi connectivity index (χ1) is 11.8. The summed E-state index contributed by atoms with van der Waals surface area (Å²) in [5, 5.41) is 3.86. The van der Waals surface area contributed by atoms with Crippen LogP contribution in [0.3, 0.4) is 0 Å². The standard InChI is InChI=1S/C15H14N4O5S/c1-9-6-10(18-24-9)2-5-14(20)19-25(22,23)11-3-4-13-12(7-11)15(21)17-8-16-13/h3-4,6-8H,2,5H2,1H3,(H,19,20)(H,16,17,21). The molecule has 0 aliphatic heterocycles. The Morgan fingerprint density at radius 3 is 2.84 bits per heavy atom. The van der Waals surface area contributed by atoms with Gasteiger partial charge in [-0.3, -0.25) is 9.59 Å². The Labute approximate surface area is 142 Å². The highest BCUT2D eigenvalue weighted by Crippen LogP contribution is 2.14. The predicted molar refractivity (Wildman–Crippen MR) is 87.3 cm³/mol. The van der Waals surface area contributed by atoms with Crippen molar-refractivity contribution < 1.29 is 17.7 Å². The van der Waals surface area contributed by atoms with Gasteiger partial charge in [-0.05, 0) is 25.1 Å². The van der Waals surface area contributed by atoms with E-state index in [1.165, 1.54) is 24.5 Å². The van der Waals surface area contributed by atoms with Gasteiger partial charge in [0, 0.05) is 18.9 Å². The Balaban J connectivity index is 1.76. The highest BCUT2D eigenvalue weighted by molar-refractivity contribution is 7.90. The number of benzene rings is 1. The molecule has 0 spiro atoms. The third-order valence-electron chi connectivity index (χ3n) is 3.46. The van der Waals surface area contributed by atoms with E-state index in [1.807, 2.05) is 4.72 Å². The van der Waals surface area contributed by atoms with E-state index >= 15 is 0 Å². The molecule has 0 atom stereocenters. The number of rotatable bonds is 5. The zero-order chi connectivity index (χ0) is 18.0. The first-order valence-corrected chi connectivity index (χ1v) is 8.79. The Morgan fingerprint density at radius 1 is 1.32 bits per heavy atom. The van der Waals surface area contributed by atoms with Crippen molar-refractivity contribution in [3.63, 3.8) is 0 Å². The third-order valence-corrected chi connectivity index (χ3v) is 4.83. The number of aryl methyl sites for hydroxylation is 2. The van der Waals surface area contributed by atoms with Gasteiger partial charge in [0.2, 0.25) is 5.91 Å². The fourth-order valence-electron chi connectivity index (χ4n) is 2.25. The first kappa shape index (κ1) is 16.8. The van der Waals surface area contributed by atoms with Crippen molar-refractivity contribution in [3.05, 3.63) is 52.4 Å². The average Bonchev–Trinajstić information content (AvgIpc) is 2.98. The summed E-state index contributed by atoms with van der Waals surface area (Å²) in [5.74, 6) is -0.0705. The smallest absolute Gasteiger partial charge is 0.264 e. The Kier molecular flexibility index (Phi) is 4.36. The highest BCUT2D eigenvalue weighted by Gasteiger charge is 2.19. The molecule has 0 unspecified atom stereocenters. The summed E-state index contributed by atoms with van der Waals surface area (Å²) in [6.07, 6.45) is 1.41. The number of sulfonamides is 1. The second-order valence-corrected chi connectivity index (χ2v) is 7.05. The van der Waals surface area contributed by atoms with Crippen molar-refractivity contribution in [1.29, 1.82) is 0 Å². The van der Waals surface area contributed by atoms with E-state index < -0.39 is 21.5 Å². The number of H-pyrrole nitrogens is 1. The number of aromatic nitrogens is 3. The maximum Gasteiger partial charge on any atom is 0.264 e. The minimum absolute atomic E-state index is 0.0685. The minimum Gasteiger partial charge on any atom is -0.361 e. The Bertz CT molecular complexity index is 1100. The maximum atomic E-state index is 12.3. The van der Waals surface area contributed by atoms with E-state index in [2.05, 4.69) is 15.1 Å². The van der Waals surface area contributed by atoms with Crippen LogP contribution in [-0.4, -0.2) is 29.4 Å². The monoisotopic (exact) mass is 362 g/mol. The van der Waals surface area contributed by atoms with Gasteiger partial charge in [0.1, 0.15) is 5.76 Å². The van der Waals surface area contributed by atoms with Crippen LogP contribution in [0.5, 0.6) is 0 Å². The van der Waals surface area contributed by atoms with Gasteiger partial charge in [-0.1, -0.05) is 5.16 Å². The second-order valence-electron chi connectivity index (χ2n) is 5.37. The average molecular weight is 362 g/mol. The lowest BCUT2D eigenvalue weighted by atomic mass is 10.2. The summed E-state index contributed by atoms with van der Waals surface area (Å²) in [4.78, 5) is 29.8. The van der Waals surface area contributed by atoms with E-state index in [0.29, 0.717) is 17.0 Å². The fraction of sp³-hybridized carbons (Fsp3) is 0.200. The number of nitrogens with zero attached hydrogens (tertiary/aromatic N) is 2. The molecule has 0 saturated carbocycles. The molecule has 10 heteroatoms. The fourth-order valence-corrected chi connectivity index (χ4v) is 3.29. The molecule has 130 valence electrons. The molecule has 0 saturated heterocycles. The van der Waals surface area contributed by atoms with E-state index in [-0.39, 0.29) is 23.1 Å². The molecule has 0 bridgehead atoms. The van der Waals surface area contributed by atoms with Crippen molar-refractivity contribution in [1.82, 2.24) is 19.8 Å². The van der Waals surface area contributed by atoms with Crippen LogP contribution in [0.1, 0.15) is 17.9 Å². The molecule has 2 heterocycles. The van der Waals surface area contributed by atoms with Gasteiger partial charge in [0.15, 0.2) is 0 Å². The normalized spacial score (nSPS) is 11.6. The number of fused-ring (bicyclic) bond motifs is 1. The molecule has 1 aromatic carbocycles. The van der Waals surface area contributed by atoms with Crippen LogP contribution in [0.25, 0.3) is 10.9 Å². The van der Waals surface area contributed by atoms with E-state index in [4.69, 9.17) is 4.52 Å². The van der Waals surface area contributed by atoms with E-state index in [1.54, 1.807) is 13.0 Å². The second kappa shape index (κ2) is 6.48. The zero-order valence-electron chi connectivity index (χ0n) is 13.1. The SMILES string of the molecule is Cc1cc(CCC(=O)NS(=O)(=O)c2ccc3nc[nH]c(=O)c3c2)no1. The lowest BCUT2D eigenvalue weighted by Gasteiger charge is -2.07. The topological polar surface area (TPSA) is 135 Å². The molecule has 2 N–H and O–H groups in total. The highest BCUT2D eigenvalue weighted by atomic mass is 32.2. The number of carbonyl (C=O) groups excluding carboxylic acids is 1. The van der Waals surface area contributed by atoms with Crippen LogP contribution >= 0.6 is 0 Å². The van der Waals surface area contributed by atoms with Gasteiger partial charge in [0.05, 0.1) is 27.8 Å². The lowest BCUT2D eigenvalue weighted by molar-refractivity contribution is -0.119. The summed E-state index contributed by atoms with van der Waals surface area (Å²) in [6.45, 7) is 1.72. The minimum atomic E-state index is -4.09. The Hall–Kier alpha value is -3.01. The zero-order valence-corrected chi connectivity index (χ0v) is 14.0. The summed E-state index contributed by atoms with van der Waals surface area (Å²) in [7, 11) is -4.09. The van der Waals surface area contributed by atoms with Gasteiger partial charge in [-0.25, -0.2) is 18.1 Å². The van der Waals surface area contributed by atoms with Crippen molar-refractivity contribution in [2.24, 2.45) is 0 Å².